The lowest BCUT2D eigenvalue weighted by Crippen LogP contribution is -2.20. The molecule has 0 aromatic carbocycles. The third-order valence-electron chi connectivity index (χ3n) is 1.46. The van der Waals surface area contributed by atoms with E-state index in [0.717, 1.165) is 18.2 Å². The monoisotopic (exact) mass is 171 g/mol. The van der Waals surface area contributed by atoms with Crippen LogP contribution in [0.4, 0.5) is 4.39 Å². The van der Waals surface area contributed by atoms with Gasteiger partial charge in [0.05, 0.1) is 11.8 Å². The molecule has 0 saturated carbocycles. The Hall–Kier alpha value is -1.65. The van der Waals surface area contributed by atoms with Gasteiger partial charge in [0.1, 0.15) is 5.83 Å². The van der Waals surface area contributed by atoms with E-state index in [2.05, 4.69) is 0 Å². The first kappa shape index (κ1) is 8.45. The van der Waals surface area contributed by atoms with Gasteiger partial charge in [-0.15, -0.1) is 0 Å². The fourth-order valence-electron chi connectivity index (χ4n) is 0.893. The zero-order valence-corrected chi connectivity index (χ0v) is 5.98. The molecule has 64 valence electrons. The van der Waals surface area contributed by atoms with Gasteiger partial charge in [0.25, 0.3) is 6.04 Å². The molecule has 0 radical (unpaired) electrons. The van der Waals surface area contributed by atoms with Crippen molar-refractivity contribution in [3.05, 3.63) is 46.0 Å². The summed E-state index contributed by atoms with van der Waals surface area (Å²) in [5.41, 5.74) is -0.0556. The van der Waals surface area contributed by atoms with Gasteiger partial charge < -0.3 is 5.11 Å². The highest BCUT2D eigenvalue weighted by Crippen LogP contribution is 2.18. The van der Waals surface area contributed by atoms with E-state index < -0.39 is 16.8 Å². The second-order valence-corrected chi connectivity index (χ2v) is 2.25. The van der Waals surface area contributed by atoms with Crippen LogP contribution in [0, 0.1) is 10.1 Å². The van der Waals surface area contributed by atoms with Crippen LogP contribution in [0.25, 0.3) is 0 Å². The molecular weight excluding hydrogens is 165 g/mol. The summed E-state index contributed by atoms with van der Waals surface area (Å²) < 4.78 is 12.5. The van der Waals surface area contributed by atoms with Gasteiger partial charge in [-0.3, -0.25) is 10.1 Å². The number of rotatable bonds is 1. The molecule has 0 spiro atoms. The number of hydrogen-bond donors (Lipinski definition) is 1. The second-order valence-electron chi connectivity index (χ2n) is 2.25. The lowest BCUT2D eigenvalue weighted by atomic mass is 10.0. The van der Waals surface area contributed by atoms with Crippen molar-refractivity contribution in [1.29, 1.82) is 0 Å². The number of nitro groups is 1. The maximum Gasteiger partial charge on any atom is 0.259 e. The highest BCUT2D eigenvalue weighted by Gasteiger charge is 2.24. The van der Waals surface area contributed by atoms with Crippen LogP contribution < -0.4 is 0 Å². The van der Waals surface area contributed by atoms with Crippen LogP contribution in [0.2, 0.25) is 0 Å². The van der Waals surface area contributed by atoms with E-state index in [-0.39, 0.29) is 5.57 Å². The largest absolute Gasteiger partial charge is 0.515 e. The molecule has 0 saturated heterocycles. The normalized spacial score (nSPS) is 25.6. The highest BCUT2D eigenvalue weighted by molar-refractivity contribution is 5.36. The summed E-state index contributed by atoms with van der Waals surface area (Å²) in [5, 5.41) is 18.8. The molecule has 0 fully saturated rings. The molecule has 4 nitrogen and oxygen atoms in total. The van der Waals surface area contributed by atoms with Gasteiger partial charge >= 0.3 is 0 Å². The van der Waals surface area contributed by atoms with Gasteiger partial charge in [-0.05, 0) is 18.2 Å². The molecule has 1 N–H and O–H groups in total. The summed E-state index contributed by atoms with van der Waals surface area (Å²) >= 11 is 0. The third kappa shape index (κ3) is 1.50. The summed E-state index contributed by atoms with van der Waals surface area (Å²) in [5.74, 6) is -0.603. The second kappa shape index (κ2) is 3.17. The molecule has 0 aromatic rings. The zero-order valence-electron chi connectivity index (χ0n) is 5.98. The number of allylic oxidation sites excluding steroid dienone is 2. The maximum atomic E-state index is 12.5. The van der Waals surface area contributed by atoms with E-state index in [4.69, 9.17) is 5.11 Å². The van der Waals surface area contributed by atoms with Gasteiger partial charge in [0.2, 0.25) is 0 Å². The van der Waals surface area contributed by atoms with Crippen molar-refractivity contribution in [2.75, 3.05) is 0 Å². The SMILES string of the molecule is O=[N+]([O-])C1C=CC(F)=CC1=CO. The molecule has 0 aliphatic heterocycles. The summed E-state index contributed by atoms with van der Waals surface area (Å²) in [7, 11) is 0. The summed E-state index contributed by atoms with van der Waals surface area (Å²) in [4.78, 5) is 9.67. The molecule has 5 heteroatoms. The molecule has 1 aliphatic carbocycles. The zero-order chi connectivity index (χ0) is 9.14. The quantitative estimate of drug-likeness (QED) is 0.369. The Balaban J connectivity index is 2.96. The molecule has 0 bridgehead atoms. The molecule has 1 aliphatic rings. The van der Waals surface area contributed by atoms with Crippen LogP contribution in [0.3, 0.4) is 0 Å². The van der Waals surface area contributed by atoms with Gasteiger partial charge in [0.15, 0.2) is 0 Å². The van der Waals surface area contributed by atoms with Gasteiger partial charge in [-0.2, -0.15) is 0 Å². The smallest absolute Gasteiger partial charge is 0.259 e. The number of halogens is 1. The number of nitrogens with zero attached hydrogens (tertiary/aromatic N) is 1. The van der Waals surface area contributed by atoms with Crippen molar-refractivity contribution >= 4 is 0 Å². The topological polar surface area (TPSA) is 63.4 Å². The number of aliphatic hydroxyl groups is 1. The van der Waals surface area contributed by atoms with E-state index in [1.165, 1.54) is 0 Å². The maximum absolute atomic E-state index is 12.5. The predicted octanol–water partition coefficient (Wildman–Crippen LogP) is 1.50. The standard InChI is InChI=1S/C7H6FNO3/c8-6-1-2-7(9(11)12)5(3-6)4-10/h1-4,7,10H. The molecule has 1 atom stereocenters. The summed E-state index contributed by atoms with van der Waals surface area (Å²) in [6.45, 7) is 0. The average Bonchev–Trinajstić information content (AvgIpc) is 2.03. The van der Waals surface area contributed by atoms with Gasteiger partial charge in [-0.25, -0.2) is 4.39 Å². The Morgan fingerprint density at radius 2 is 2.42 bits per heavy atom. The van der Waals surface area contributed by atoms with Crippen LogP contribution in [0.1, 0.15) is 0 Å². The number of hydrogen-bond acceptors (Lipinski definition) is 3. The average molecular weight is 171 g/mol. The summed E-state index contributed by atoms with van der Waals surface area (Å²) in [6.07, 6.45) is 3.54. The van der Waals surface area contributed by atoms with Crippen molar-refractivity contribution in [1.82, 2.24) is 0 Å². The van der Waals surface area contributed by atoms with E-state index in [9.17, 15) is 14.5 Å². The molecule has 0 aromatic heterocycles. The van der Waals surface area contributed by atoms with Gasteiger partial charge in [-0.1, -0.05) is 0 Å². The van der Waals surface area contributed by atoms with Crippen molar-refractivity contribution in [2.24, 2.45) is 0 Å². The Labute approximate surface area is 67.5 Å². The number of aliphatic hydroxyl groups excluding tert-OH is 1. The van der Waals surface area contributed by atoms with Crippen molar-refractivity contribution in [3.63, 3.8) is 0 Å². The van der Waals surface area contributed by atoms with E-state index in [0.29, 0.717) is 6.26 Å². The van der Waals surface area contributed by atoms with E-state index in [1.807, 2.05) is 0 Å². The first-order valence-electron chi connectivity index (χ1n) is 3.18. The van der Waals surface area contributed by atoms with Crippen LogP contribution >= 0.6 is 0 Å². The molecule has 12 heavy (non-hydrogen) atoms. The third-order valence-corrected chi connectivity index (χ3v) is 1.46. The molecule has 0 heterocycles. The lowest BCUT2D eigenvalue weighted by molar-refractivity contribution is -0.498. The van der Waals surface area contributed by atoms with Gasteiger partial charge in [0, 0.05) is 4.92 Å². The van der Waals surface area contributed by atoms with Crippen molar-refractivity contribution in [2.45, 2.75) is 6.04 Å². The minimum atomic E-state index is -1.14. The molecule has 1 unspecified atom stereocenters. The van der Waals surface area contributed by atoms with E-state index in [1.54, 1.807) is 0 Å². The lowest BCUT2D eigenvalue weighted by Gasteiger charge is -2.07. The minimum Gasteiger partial charge on any atom is -0.515 e. The fourth-order valence-corrected chi connectivity index (χ4v) is 0.893. The van der Waals surface area contributed by atoms with Crippen LogP contribution in [-0.4, -0.2) is 16.1 Å². The molecular formula is C7H6FNO3. The first-order chi connectivity index (χ1) is 5.65. The van der Waals surface area contributed by atoms with Crippen LogP contribution in [0.5, 0.6) is 0 Å². The Morgan fingerprint density at radius 1 is 1.75 bits per heavy atom. The molecule has 0 amide bonds. The van der Waals surface area contributed by atoms with Crippen molar-refractivity contribution in [3.8, 4) is 0 Å². The van der Waals surface area contributed by atoms with E-state index >= 15 is 0 Å². The van der Waals surface area contributed by atoms with Crippen LogP contribution in [-0.2, 0) is 0 Å². The van der Waals surface area contributed by atoms with Crippen LogP contribution in [0.15, 0.2) is 35.9 Å². The fraction of sp³-hybridized carbons (Fsp3) is 0.143. The Morgan fingerprint density at radius 3 is 2.92 bits per heavy atom. The Bertz CT molecular complexity index is 293. The minimum absolute atomic E-state index is 0.0556. The first-order valence-corrected chi connectivity index (χ1v) is 3.18. The Kier molecular flexibility index (Phi) is 2.23. The molecule has 1 rings (SSSR count). The summed E-state index contributed by atoms with van der Waals surface area (Å²) in [6, 6.07) is -1.14. The predicted molar refractivity (Wildman–Crippen MR) is 39.8 cm³/mol. The van der Waals surface area contributed by atoms with Crippen molar-refractivity contribution < 1.29 is 14.4 Å². The highest BCUT2D eigenvalue weighted by atomic mass is 19.1.